The van der Waals surface area contributed by atoms with Crippen LogP contribution in [0.2, 0.25) is 0 Å². The summed E-state index contributed by atoms with van der Waals surface area (Å²) < 4.78 is 9.21. The highest BCUT2D eigenvalue weighted by Crippen LogP contribution is 2.12. The minimum atomic E-state index is -0.584. The fourth-order valence-corrected chi connectivity index (χ4v) is 3.96. The van der Waals surface area contributed by atoms with E-state index in [1.165, 1.54) is 10.9 Å². The fourth-order valence-electron chi connectivity index (χ4n) is 3.96. The summed E-state index contributed by atoms with van der Waals surface area (Å²) >= 11 is 0. The van der Waals surface area contributed by atoms with Crippen molar-refractivity contribution in [3.05, 3.63) is 92.9 Å². The lowest BCUT2D eigenvalue weighted by molar-refractivity contribution is -0.121. The molecule has 4 rings (SSSR count). The Kier molecular flexibility index (Phi) is 7.65. The summed E-state index contributed by atoms with van der Waals surface area (Å²) in [6, 6.07) is 17.2. The molecule has 0 atom stereocenters. The smallest absolute Gasteiger partial charge is 0.333 e. The number of benzene rings is 2. The molecule has 0 saturated heterocycles. The Hall–Kier alpha value is -4.18. The molecule has 188 valence electrons. The van der Waals surface area contributed by atoms with Gasteiger partial charge < -0.3 is 19.5 Å². The largest absolute Gasteiger partial charge is 0.383 e. The average molecular weight is 491 g/mol. The Morgan fingerprint density at radius 1 is 1.00 bits per heavy atom. The molecule has 10 nitrogen and oxygen atoms in total. The maximum absolute atomic E-state index is 13.4. The SMILES string of the molecule is COCCn1cnc2c1c(=O)n(CC(=O)NCc1ccc(N(C)C)cc1)c(=O)n2Cc1ccccc1. The molecule has 2 aromatic heterocycles. The molecule has 2 heterocycles. The average Bonchev–Trinajstić information content (AvgIpc) is 3.31. The van der Waals surface area contributed by atoms with Crippen LogP contribution in [-0.2, 0) is 35.7 Å². The van der Waals surface area contributed by atoms with Gasteiger partial charge in [-0.1, -0.05) is 42.5 Å². The maximum atomic E-state index is 13.4. The van der Waals surface area contributed by atoms with E-state index in [2.05, 4.69) is 10.3 Å². The van der Waals surface area contributed by atoms with Gasteiger partial charge in [-0.2, -0.15) is 0 Å². The maximum Gasteiger partial charge on any atom is 0.333 e. The van der Waals surface area contributed by atoms with Crippen LogP contribution in [0.1, 0.15) is 11.1 Å². The molecular formula is C26H30N6O4. The first-order chi connectivity index (χ1) is 17.4. The number of carbonyl (C=O) groups is 1. The van der Waals surface area contributed by atoms with Crippen molar-refractivity contribution in [2.24, 2.45) is 0 Å². The van der Waals surface area contributed by atoms with Crippen LogP contribution in [0.3, 0.4) is 0 Å². The van der Waals surface area contributed by atoms with E-state index in [0.29, 0.717) is 13.2 Å². The van der Waals surface area contributed by atoms with E-state index in [4.69, 9.17) is 4.74 Å². The van der Waals surface area contributed by atoms with Crippen molar-refractivity contribution >= 4 is 22.8 Å². The monoisotopic (exact) mass is 490 g/mol. The minimum Gasteiger partial charge on any atom is -0.383 e. The topological polar surface area (TPSA) is 103 Å². The number of hydrogen-bond donors (Lipinski definition) is 1. The van der Waals surface area contributed by atoms with E-state index in [0.717, 1.165) is 21.4 Å². The van der Waals surface area contributed by atoms with Gasteiger partial charge in [0.05, 0.1) is 19.5 Å². The summed E-state index contributed by atoms with van der Waals surface area (Å²) in [7, 11) is 5.48. The van der Waals surface area contributed by atoms with E-state index in [-0.39, 0.29) is 24.3 Å². The Morgan fingerprint density at radius 2 is 1.72 bits per heavy atom. The van der Waals surface area contributed by atoms with Crippen molar-refractivity contribution in [1.82, 2.24) is 24.0 Å². The molecule has 0 unspecified atom stereocenters. The van der Waals surface area contributed by atoms with Gasteiger partial charge in [0.15, 0.2) is 11.2 Å². The standard InChI is InChI=1S/C26H30N6O4/c1-29(2)21-11-9-19(10-12-21)15-27-22(33)17-32-25(34)23-24(28-18-30(23)13-14-36-3)31(26(32)35)16-20-7-5-4-6-8-20/h4-12,18H,13-17H2,1-3H3,(H,27,33). The number of nitrogens with zero attached hydrogens (tertiary/aromatic N) is 5. The summed E-state index contributed by atoms with van der Waals surface area (Å²) in [5.74, 6) is -0.431. The summed E-state index contributed by atoms with van der Waals surface area (Å²) in [4.78, 5) is 45.9. The van der Waals surface area contributed by atoms with Crippen LogP contribution >= 0.6 is 0 Å². The van der Waals surface area contributed by atoms with Gasteiger partial charge in [-0.25, -0.2) is 14.3 Å². The van der Waals surface area contributed by atoms with Gasteiger partial charge in [-0.15, -0.1) is 0 Å². The van der Waals surface area contributed by atoms with Crippen molar-refractivity contribution in [3.8, 4) is 0 Å². The Morgan fingerprint density at radius 3 is 2.39 bits per heavy atom. The molecule has 0 aliphatic carbocycles. The molecule has 2 aromatic carbocycles. The third-order valence-electron chi connectivity index (χ3n) is 5.95. The van der Waals surface area contributed by atoms with Crippen LogP contribution in [0.5, 0.6) is 0 Å². The summed E-state index contributed by atoms with van der Waals surface area (Å²) in [5, 5.41) is 2.81. The molecule has 36 heavy (non-hydrogen) atoms. The molecule has 0 aliphatic heterocycles. The van der Waals surface area contributed by atoms with Crippen molar-refractivity contribution in [1.29, 1.82) is 0 Å². The number of methoxy groups -OCH3 is 1. The van der Waals surface area contributed by atoms with Crippen molar-refractivity contribution in [2.75, 3.05) is 32.7 Å². The third-order valence-corrected chi connectivity index (χ3v) is 5.95. The fraction of sp³-hybridized carbons (Fsp3) is 0.308. The second kappa shape index (κ2) is 11.0. The number of anilines is 1. The lowest BCUT2D eigenvalue weighted by atomic mass is 10.2. The van der Waals surface area contributed by atoms with Crippen LogP contribution in [-0.4, -0.2) is 52.4 Å². The zero-order valence-electron chi connectivity index (χ0n) is 20.7. The number of aromatic nitrogens is 4. The number of hydrogen-bond acceptors (Lipinski definition) is 6. The Bertz CT molecular complexity index is 1450. The predicted octanol–water partition coefficient (Wildman–Crippen LogP) is 1.44. The number of ether oxygens (including phenoxy) is 1. The van der Waals surface area contributed by atoms with E-state index in [1.54, 1.807) is 11.7 Å². The van der Waals surface area contributed by atoms with Gasteiger partial charge in [0.1, 0.15) is 6.54 Å². The highest BCUT2D eigenvalue weighted by atomic mass is 16.5. The summed E-state index contributed by atoms with van der Waals surface area (Å²) in [5.41, 5.74) is 2.24. The van der Waals surface area contributed by atoms with Gasteiger partial charge in [-0.3, -0.25) is 14.2 Å². The molecule has 0 radical (unpaired) electrons. The van der Waals surface area contributed by atoms with E-state index >= 15 is 0 Å². The molecule has 1 N–H and O–H groups in total. The van der Waals surface area contributed by atoms with Crippen molar-refractivity contribution < 1.29 is 9.53 Å². The number of carbonyl (C=O) groups excluding carboxylic acids is 1. The number of nitrogens with one attached hydrogen (secondary N) is 1. The first-order valence-electron chi connectivity index (χ1n) is 11.6. The Labute approximate surface area is 208 Å². The molecule has 10 heteroatoms. The molecule has 0 spiro atoms. The zero-order chi connectivity index (χ0) is 25.7. The second-order valence-corrected chi connectivity index (χ2v) is 8.69. The number of rotatable bonds is 10. The lowest BCUT2D eigenvalue weighted by Crippen LogP contribution is -2.44. The Balaban J connectivity index is 1.64. The van der Waals surface area contributed by atoms with Gasteiger partial charge in [0, 0.05) is 40.0 Å². The highest BCUT2D eigenvalue weighted by molar-refractivity contribution is 5.76. The molecule has 0 bridgehead atoms. The highest BCUT2D eigenvalue weighted by Gasteiger charge is 2.20. The summed E-state index contributed by atoms with van der Waals surface area (Å²) in [6.45, 7) is 0.871. The molecule has 0 saturated carbocycles. The number of imidazole rings is 1. The first kappa shape index (κ1) is 24.9. The number of amides is 1. The molecule has 0 aliphatic rings. The van der Waals surface area contributed by atoms with Crippen LogP contribution in [0, 0.1) is 0 Å². The van der Waals surface area contributed by atoms with Gasteiger partial charge in [0.2, 0.25) is 5.91 Å². The quantitative estimate of drug-likeness (QED) is 0.361. The van der Waals surface area contributed by atoms with E-state index in [9.17, 15) is 14.4 Å². The van der Waals surface area contributed by atoms with Crippen LogP contribution in [0.25, 0.3) is 11.2 Å². The molecule has 0 fully saturated rings. The lowest BCUT2D eigenvalue weighted by Gasteiger charge is -2.14. The van der Waals surface area contributed by atoms with E-state index in [1.807, 2.05) is 73.6 Å². The predicted molar refractivity (Wildman–Crippen MR) is 138 cm³/mol. The minimum absolute atomic E-state index is 0.220. The van der Waals surface area contributed by atoms with Gasteiger partial charge in [0.25, 0.3) is 5.56 Å². The van der Waals surface area contributed by atoms with Crippen LogP contribution in [0.4, 0.5) is 5.69 Å². The molecule has 1 amide bonds. The normalized spacial score (nSPS) is 11.1. The van der Waals surface area contributed by atoms with Crippen molar-refractivity contribution in [3.63, 3.8) is 0 Å². The third kappa shape index (κ3) is 5.38. The second-order valence-electron chi connectivity index (χ2n) is 8.69. The van der Waals surface area contributed by atoms with Crippen molar-refractivity contribution in [2.45, 2.75) is 26.2 Å². The van der Waals surface area contributed by atoms with Crippen LogP contribution in [0.15, 0.2) is 70.5 Å². The molecule has 4 aromatic rings. The number of fused-ring (bicyclic) bond motifs is 1. The zero-order valence-corrected chi connectivity index (χ0v) is 20.7. The molecular weight excluding hydrogens is 460 g/mol. The first-order valence-corrected chi connectivity index (χ1v) is 11.6. The summed E-state index contributed by atoms with van der Waals surface area (Å²) in [6.07, 6.45) is 1.52. The van der Waals surface area contributed by atoms with Gasteiger partial charge >= 0.3 is 5.69 Å². The van der Waals surface area contributed by atoms with Gasteiger partial charge in [-0.05, 0) is 23.3 Å². The van der Waals surface area contributed by atoms with Crippen LogP contribution < -0.4 is 21.5 Å². The van der Waals surface area contributed by atoms with E-state index < -0.39 is 23.7 Å².